The van der Waals surface area contributed by atoms with E-state index in [0.29, 0.717) is 12.1 Å². The smallest absolute Gasteiger partial charge is 0.266 e. The molecule has 5 nitrogen and oxygen atoms in total. The molecule has 0 amide bonds. The van der Waals surface area contributed by atoms with Crippen molar-refractivity contribution in [2.24, 2.45) is 0 Å². The van der Waals surface area contributed by atoms with Gasteiger partial charge >= 0.3 is 0 Å². The van der Waals surface area contributed by atoms with Crippen molar-refractivity contribution in [3.8, 4) is 17.3 Å². The summed E-state index contributed by atoms with van der Waals surface area (Å²) in [5, 5.41) is 9.01. The molecule has 0 atom stereocenters. The first-order valence-corrected chi connectivity index (χ1v) is 7.07. The van der Waals surface area contributed by atoms with Crippen LogP contribution in [0.4, 0.5) is 0 Å². The van der Waals surface area contributed by atoms with E-state index in [-0.39, 0.29) is 11.1 Å². The van der Waals surface area contributed by atoms with E-state index in [9.17, 15) is 4.79 Å². The standard InChI is InChI=1S/C15H14N2O3S/c1-3-10-8-14(17-15(18)13(10)9-16)11-4-6-12(7-5-11)21-20-19-2/h4-8H,3H2,1-2H3,(H,17,18). The van der Waals surface area contributed by atoms with Crippen LogP contribution >= 0.6 is 12.0 Å². The van der Waals surface area contributed by atoms with Gasteiger partial charge in [0.2, 0.25) is 0 Å². The lowest BCUT2D eigenvalue weighted by Crippen LogP contribution is -2.13. The molecule has 0 aliphatic heterocycles. The molecule has 0 radical (unpaired) electrons. The number of rotatable bonds is 5. The first-order valence-electron chi connectivity index (χ1n) is 6.33. The topological polar surface area (TPSA) is 75.1 Å². The van der Waals surface area contributed by atoms with Gasteiger partial charge in [0.1, 0.15) is 11.6 Å². The zero-order chi connectivity index (χ0) is 15.2. The van der Waals surface area contributed by atoms with Crippen molar-refractivity contribution in [3.63, 3.8) is 0 Å². The number of H-pyrrole nitrogens is 1. The number of nitriles is 1. The van der Waals surface area contributed by atoms with Crippen LogP contribution in [0.1, 0.15) is 18.1 Å². The molecule has 1 aromatic heterocycles. The van der Waals surface area contributed by atoms with Gasteiger partial charge in [0.25, 0.3) is 5.56 Å². The Bertz CT molecular complexity index is 717. The predicted molar refractivity (Wildman–Crippen MR) is 80.5 cm³/mol. The fourth-order valence-corrected chi connectivity index (χ4v) is 2.33. The lowest BCUT2D eigenvalue weighted by atomic mass is 10.0. The number of nitrogens with zero attached hydrogens (tertiary/aromatic N) is 1. The number of aromatic amines is 1. The maximum atomic E-state index is 11.9. The van der Waals surface area contributed by atoms with Gasteiger partial charge in [-0.1, -0.05) is 19.1 Å². The van der Waals surface area contributed by atoms with Crippen molar-refractivity contribution in [1.29, 1.82) is 5.26 Å². The summed E-state index contributed by atoms with van der Waals surface area (Å²) < 4.78 is 4.77. The molecule has 0 fully saturated rings. The van der Waals surface area contributed by atoms with Gasteiger partial charge < -0.3 is 4.98 Å². The summed E-state index contributed by atoms with van der Waals surface area (Å²) in [6.07, 6.45) is 0.634. The number of hydrogen-bond acceptors (Lipinski definition) is 5. The fraction of sp³-hybridized carbons (Fsp3) is 0.200. The highest BCUT2D eigenvalue weighted by molar-refractivity contribution is 7.94. The monoisotopic (exact) mass is 302 g/mol. The minimum absolute atomic E-state index is 0.182. The molecule has 0 aliphatic carbocycles. The van der Waals surface area contributed by atoms with Gasteiger partial charge in [-0.25, -0.2) is 4.89 Å². The van der Waals surface area contributed by atoms with E-state index < -0.39 is 0 Å². The number of benzene rings is 1. The van der Waals surface area contributed by atoms with E-state index in [1.807, 2.05) is 43.3 Å². The van der Waals surface area contributed by atoms with Gasteiger partial charge in [-0.2, -0.15) is 9.60 Å². The summed E-state index contributed by atoms with van der Waals surface area (Å²) in [6, 6.07) is 11.3. The zero-order valence-corrected chi connectivity index (χ0v) is 12.5. The third-order valence-corrected chi connectivity index (χ3v) is 3.64. The lowest BCUT2D eigenvalue weighted by Gasteiger charge is -2.06. The molecule has 1 heterocycles. The van der Waals surface area contributed by atoms with E-state index in [1.54, 1.807) is 0 Å². The molecule has 0 saturated carbocycles. The molecule has 0 aliphatic rings. The van der Waals surface area contributed by atoms with Gasteiger partial charge in [-0.3, -0.25) is 4.79 Å². The van der Waals surface area contributed by atoms with Gasteiger partial charge in [0.15, 0.2) is 0 Å². The third-order valence-electron chi connectivity index (χ3n) is 2.97. The highest BCUT2D eigenvalue weighted by atomic mass is 32.2. The Balaban J connectivity index is 2.36. The Morgan fingerprint density at radius 1 is 1.33 bits per heavy atom. The normalized spacial score (nSPS) is 10.3. The van der Waals surface area contributed by atoms with Gasteiger partial charge in [-0.15, -0.1) is 0 Å². The summed E-state index contributed by atoms with van der Waals surface area (Å²) in [7, 11) is 1.44. The molecule has 6 heteroatoms. The second-order valence-electron chi connectivity index (χ2n) is 4.22. The average Bonchev–Trinajstić information content (AvgIpc) is 2.52. The maximum Gasteiger partial charge on any atom is 0.266 e. The molecule has 21 heavy (non-hydrogen) atoms. The van der Waals surface area contributed by atoms with E-state index in [0.717, 1.165) is 28.1 Å². The van der Waals surface area contributed by atoms with Crippen molar-refractivity contribution in [1.82, 2.24) is 4.98 Å². The Morgan fingerprint density at radius 3 is 2.62 bits per heavy atom. The maximum absolute atomic E-state index is 11.9. The first kappa shape index (κ1) is 15.3. The highest BCUT2D eigenvalue weighted by Crippen LogP contribution is 2.24. The van der Waals surface area contributed by atoms with Gasteiger partial charge in [0.05, 0.1) is 19.2 Å². The number of hydrogen-bond donors (Lipinski definition) is 1. The van der Waals surface area contributed by atoms with Crippen LogP contribution in [0.5, 0.6) is 0 Å². The summed E-state index contributed by atoms with van der Waals surface area (Å²) in [5.74, 6) is 0. The van der Waals surface area contributed by atoms with Crippen LogP contribution in [0.15, 0.2) is 40.0 Å². The minimum atomic E-state index is -0.354. The quantitative estimate of drug-likeness (QED) is 0.522. The van der Waals surface area contributed by atoms with Gasteiger partial charge in [-0.05, 0) is 35.7 Å². The number of nitrogens with one attached hydrogen (secondary N) is 1. The molecular formula is C15H14N2O3S. The largest absolute Gasteiger partial charge is 0.321 e. The van der Waals surface area contributed by atoms with Crippen molar-refractivity contribution in [2.45, 2.75) is 18.2 Å². The van der Waals surface area contributed by atoms with Crippen LogP contribution in [0.25, 0.3) is 11.3 Å². The fourth-order valence-electron chi connectivity index (χ4n) is 1.93. The first-order chi connectivity index (χ1) is 10.2. The summed E-state index contributed by atoms with van der Waals surface area (Å²) in [5.41, 5.74) is 2.14. The number of pyridine rings is 1. The van der Waals surface area contributed by atoms with Crippen molar-refractivity contribution >= 4 is 12.0 Å². The van der Waals surface area contributed by atoms with E-state index in [2.05, 4.69) is 9.87 Å². The molecule has 2 aromatic rings. The van der Waals surface area contributed by atoms with Crippen LogP contribution in [-0.4, -0.2) is 12.1 Å². The second kappa shape index (κ2) is 7.09. The number of aryl methyl sites for hydroxylation is 1. The summed E-state index contributed by atoms with van der Waals surface area (Å²) in [4.78, 5) is 20.1. The average molecular weight is 302 g/mol. The molecule has 0 spiro atoms. The molecule has 2 rings (SSSR count). The molecule has 1 aromatic carbocycles. The minimum Gasteiger partial charge on any atom is -0.321 e. The Morgan fingerprint density at radius 2 is 2.05 bits per heavy atom. The summed E-state index contributed by atoms with van der Waals surface area (Å²) in [6.45, 7) is 1.92. The highest BCUT2D eigenvalue weighted by Gasteiger charge is 2.09. The molecule has 0 bridgehead atoms. The molecule has 1 N–H and O–H groups in total. The van der Waals surface area contributed by atoms with E-state index in [4.69, 9.17) is 9.60 Å². The van der Waals surface area contributed by atoms with Crippen molar-refractivity contribution in [2.75, 3.05) is 7.11 Å². The molecular weight excluding hydrogens is 288 g/mol. The van der Waals surface area contributed by atoms with E-state index in [1.165, 1.54) is 7.11 Å². The van der Waals surface area contributed by atoms with Crippen LogP contribution < -0.4 is 5.56 Å². The van der Waals surface area contributed by atoms with Crippen LogP contribution in [0.2, 0.25) is 0 Å². The summed E-state index contributed by atoms with van der Waals surface area (Å²) >= 11 is 1.10. The third kappa shape index (κ3) is 3.52. The Labute approximate surface area is 126 Å². The Kier molecular flexibility index (Phi) is 5.17. The number of aromatic nitrogens is 1. The van der Waals surface area contributed by atoms with Crippen LogP contribution in [0.3, 0.4) is 0 Å². The van der Waals surface area contributed by atoms with Crippen molar-refractivity contribution < 1.29 is 9.22 Å². The predicted octanol–water partition coefficient (Wildman–Crippen LogP) is 3.06. The SMILES string of the molecule is CCc1cc(-c2ccc(SOOC)cc2)[nH]c(=O)c1C#N. The van der Waals surface area contributed by atoms with E-state index >= 15 is 0 Å². The lowest BCUT2D eigenvalue weighted by molar-refractivity contribution is -0.160. The van der Waals surface area contributed by atoms with Gasteiger partial charge in [0, 0.05) is 10.6 Å². The molecule has 0 saturated heterocycles. The molecule has 108 valence electrons. The zero-order valence-electron chi connectivity index (χ0n) is 11.7. The second-order valence-corrected chi connectivity index (χ2v) is 4.99. The molecule has 0 unspecified atom stereocenters. The van der Waals surface area contributed by atoms with Crippen molar-refractivity contribution in [3.05, 3.63) is 51.8 Å². The van der Waals surface area contributed by atoms with Crippen LogP contribution in [-0.2, 0) is 15.6 Å². The Hall–Kier alpha value is -2.07. The van der Waals surface area contributed by atoms with Crippen LogP contribution in [0, 0.1) is 11.3 Å².